The molecule has 1 aliphatic rings. The summed E-state index contributed by atoms with van der Waals surface area (Å²) in [5.41, 5.74) is 0.489. The highest BCUT2D eigenvalue weighted by molar-refractivity contribution is 6.31. The molecule has 0 N–H and O–H groups in total. The van der Waals surface area contributed by atoms with Crippen molar-refractivity contribution in [2.75, 3.05) is 18.1 Å². The van der Waals surface area contributed by atoms with Gasteiger partial charge >= 0.3 is 5.97 Å². The number of amides is 1. The molecule has 0 spiro atoms. The molecule has 0 saturated heterocycles. The number of nitrogens with zero attached hydrogens (tertiary/aromatic N) is 1. The van der Waals surface area contributed by atoms with Crippen molar-refractivity contribution in [3.05, 3.63) is 23.2 Å². The molecule has 1 heterocycles. The van der Waals surface area contributed by atoms with Gasteiger partial charge in [-0.1, -0.05) is 11.6 Å². The van der Waals surface area contributed by atoms with Crippen molar-refractivity contribution >= 4 is 29.2 Å². The molecular formula is C13H14ClNO4. The first-order valence-corrected chi connectivity index (χ1v) is 6.34. The molecule has 0 saturated carbocycles. The normalized spacial score (nSPS) is 17.7. The lowest BCUT2D eigenvalue weighted by Gasteiger charge is -2.32. The highest BCUT2D eigenvalue weighted by Crippen LogP contribution is 2.35. The van der Waals surface area contributed by atoms with E-state index in [1.165, 1.54) is 4.90 Å². The molecule has 2 rings (SSSR count). The molecule has 0 radical (unpaired) electrons. The van der Waals surface area contributed by atoms with E-state index in [4.69, 9.17) is 21.1 Å². The van der Waals surface area contributed by atoms with Crippen LogP contribution in [-0.2, 0) is 14.3 Å². The molecule has 6 heteroatoms. The quantitative estimate of drug-likeness (QED) is 0.797. The fourth-order valence-electron chi connectivity index (χ4n) is 1.88. The summed E-state index contributed by atoms with van der Waals surface area (Å²) in [4.78, 5) is 25.0. The van der Waals surface area contributed by atoms with Crippen LogP contribution in [0.15, 0.2) is 18.2 Å². The third-order valence-electron chi connectivity index (χ3n) is 2.72. The van der Waals surface area contributed by atoms with Gasteiger partial charge in [0.25, 0.3) is 5.91 Å². The summed E-state index contributed by atoms with van der Waals surface area (Å²) < 4.78 is 10.3. The minimum atomic E-state index is -0.636. The minimum absolute atomic E-state index is 0.145. The summed E-state index contributed by atoms with van der Waals surface area (Å²) in [6.45, 7) is 3.48. The lowest BCUT2D eigenvalue weighted by molar-refractivity contribution is -0.143. The van der Waals surface area contributed by atoms with Crippen molar-refractivity contribution in [2.24, 2.45) is 0 Å². The van der Waals surface area contributed by atoms with Crippen molar-refractivity contribution in [1.82, 2.24) is 0 Å². The van der Waals surface area contributed by atoms with Crippen molar-refractivity contribution in [1.29, 1.82) is 0 Å². The van der Waals surface area contributed by atoms with Crippen LogP contribution in [0.5, 0.6) is 5.75 Å². The van der Waals surface area contributed by atoms with Crippen LogP contribution in [0.25, 0.3) is 0 Å². The van der Waals surface area contributed by atoms with Crippen LogP contribution in [0.2, 0.25) is 5.02 Å². The number of anilines is 1. The Hall–Kier alpha value is -1.75. The first-order valence-electron chi connectivity index (χ1n) is 5.96. The predicted molar refractivity (Wildman–Crippen MR) is 70.5 cm³/mol. The van der Waals surface area contributed by atoms with Gasteiger partial charge in [-0.05, 0) is 32.0 Å². The number of rotatable bonds is 3. The first-order chi connectivity index (χ1) is 9.02. The van der Waals surface area contributed by atoms with Crippen molar-refractivity contribution < 1.29 is 19.1 Å². The Bertz CT molecular complexity index is 517. The van der Waals surface area contributed by atoms with E-state index >= 15 is 0 Å². The lowest BCUT2D eigenvalue weighted by Crippen LogP contribution is -2.47. The number of halogens is 1. The molecule has 19 heavy (non-hydrogen) atoms. The van der Waals surface area contributed by atoms with Crippen LogP contribution >= 0.6 is 11.6 Å². The first kappa shape index (κ1) is 13.7. The van der Waals surface area contributed by atoms with Gasteiger partial charge < -0.3 is 9.47 Å². The molecule has 1 aromatic rings. The van der Waals surface area contributed by atoms with Crippen LogP contribution in [0, 0.1) is 0 Å². The van der Waals surface area contributed by atoms with E-state index in [1.54, 1.807) is 32.0 Å². The fraction of sp³-hybridized carbons (Fsp3) is 0.385. The number of esters is 1. The second-order valence-electron chi connectivity index (χ2n) is 4.10. The van der Waals surface area contributed by atoms with E-state index in [0.29, 0.717) is 16.5 Å². The Balaban J connectivity index is 2.33. The molecule has 0 unspecified atom stereocenters. The van der Waals surface area contributed by atoms with Crippen LogP contribution in [0.3, 0.4) is 0 Å². The topological polar surface area (TPSA) is 55.8 Å². The zero-order valence-electron chi connectivity index (χ0n) is 10.7. The van der Waals surface area contributed by atoms with E-state index in [1.807, 2.05) is 0 Å². The van der Waals surface area contributed by atoms with E-state index in [9.17, 15) is 9.59 Å². The smallest absolute Gasteiger partial charge is 0.326 e. The van der Waals surface area contributed by atoms with E-state index in [2.05, 4.69) is 0 Å². The molecule has 0 aromatic heterocycles. The summed E-state index contributed by atoms with van der Waals surface area (Å²) in [5.74, 6) is -0.223. The molecule has 1 amide bonds. The molecule has 102 valence electrons. The lowest BCUT2D eigenvalue weighted by atomic mass is 10.2. The van der Waals surface area contributed by atoms with Gasteiger partial charge in [0, 0.05) is 5.02 Å². The van der Waals surface area contributed by atoms with Crippen molar-refractivity contribution in [3.8, 4) is 5.75 Å². The monoisotopic (exact) mass is 283 g/mol. The number of hydrogen-bond acceptors (Lipinski definition) is 4. The highest BCUT2D eigenvalue weighted by Gasteiger charge is 2.33. The van der Waals surface area contributed by atoms with Gasteiger partial charge in [0.2, 0.25) is 0 Å². The van der Waals surface area contributed by atoms with Gasteiger partial charge in [0.05, 0.1) is 12.3 Å². The fourth-order valence-corrected chi connectivity index (χ4v) is 2.05. The Morgan fingerprint density at radius 3 is 2.95 bits per heavy atom. The maximum atomic E-state index is 12.1. The third kappa shape index (κ3) is 2.81. The van der Waals surface area contributed by atoms with E-state index < -0.39 is 12.1 Å². The number of carbonyl (C=O) groups is 2. The van der Waals surface area contributed by atoms with Gasteiger partial charge in [-0.3, -0.25) is 14.5 Å². The van der Waals surface area contributed by atoms with E-state index in [0.717, 1.165) is 0 Å². The predicted octanol–water partition coefficient (Wildman–Crippen LogP) is 2.02. The number of fused-ring (bicyclic) bond motifs is 1. The average Bonchev–Trinajstić information content (AvgIpc) is 2.36. The standard InChI is InChI=1S/C13H14ClNO4/c1-3-18-12(16)7-15-10-6-9(14)4-5-11(10)19-8(2)13(15)17/h4-6,8H,3,7H2,1-2H3/t8-/m0/s1. The van der Waals surface area contributed by atoms with Crippen molar-refractivity contribution in [3.63, 3.8) is 0 Å². The van der Waals surface area contributed by atoms with Gasteiger partial charge in [0.15, 0.2) is 6.10 Å². The highest BCUT2D eigenvalue weighted by atomic mass is 35.5. The maximum Gasteiger partial charge on any atom is 0.326 e. The Morgan fingerprint density at radius 1 is 1.53 bits per heavy atom. The average molecular weight is 284 g/mol. The number of carbonyl (C=O) groups excluding carboxylic acids is 2. The summed E-state index contributed by atoms with van der Waals surface area (Å²) >= 11 is 5.91. The van der Waals surface area contributed by atoms with Gasteiger partial charge in [-0.2, -0.15) is 0 Å². The Labute approximate surface area is 116 Å². The largest absolute Gasteiger partial charge is 0.479 e. The Kier molecular flexibility index (Phi) is 3.95. The number of hydrogen-bond donors (Lipinski definition) is 0. The number of ether oxygens (including phenoxy) is 2. The summed E-state index contributed by atoms with van der Waals surface area (Å²) in [6.07, 6.45) is -0.636. The summed E-state index contributed by atoms with van der Waals surface area (Å²) in [6, 6.07) is 4.95. The molecule has 1 atom stereocenters. The van der Waals surface area contributed by atoms with Crippen LogP contribution in [0.1, 0.15) is 13.8 Å². The molecular weight excluding hydrogens is 270 g/mol. The van der Waals surface area contributed by atoms with Crippen molar-refractivity contribution in [2.45, 2.75) is 20.0 Å². The second-order valence-corrected chi connectivity index (χ2v) is 4.54. The zero-order chi connectivity index (χ0) is 14.0. The SMILES string of the molecule is CCOC(=O)CN1C(=O)[C@H](C)Oc2ccc(Cl)cc21. The number of benzene rings is 1. The molecule has 5 nitrogen and oxygen atoms in total. The van der Waals surface area contributed by atoms with E-state index in [-0.39, 0.29) is 19.1 Å². The van der Waals surface area contributed by atoms with Gasteiger partial charge in [0.1, 0.15) is 12.3 Å². The third-order valence-corrected chi connectivity index (χ3v) is 2.96. The van der Waals surface area contributed by atoms with Crippen LogP contribution in [-0.4, -0.2) is 31.1 Å². The molecule has 0 bridgehead atoms. The summed E-state index contributed by atoms with van der Waals surface area (Å²) in [7, 11) is 0. The van der Waals surface area contributed by atoms with Crippen LogP contribution in [0.4, 0.5) is 5.69 Å². The van der Waals surface area contributed by atoms with Gasteiger partial charge in [-0.15, -0.1) is 0 Å². The minimum Gasteiger partial charge on any atom is -0.479 e. The molecule has 1 aliphatic heterocycles. The molecule has 1 aromatic carbocycles. The molecule has 0 fully saturated rings. The van der Waals surface area contributed by atoms with Crippen LogP contribution < -0.4 is 9.64 Å². The Morgan fingerprint density at radius 2 is 2.26 bits per heavy atom. The maximum absolute atomic E-state index is 12.1. The van der Waals surface area contributed by atoms with Gasteiger partial charge in [-0.25, -0.2) is 0 Å². The molecule has 0 aliphatic carbocycles. The zero-order valence-corrected chi connectivity index (χ0v) is 11.4. The second kappa shape index (κ2) is 5.48. The summed E-state index contributed by atoms with van der Waals surface area (Å²) in [5, 5.41) is 0.471.